The number of aromatic nitrogens is 2. The summed E-state index contributed by atoms with van der Waals surface area (Å²) in [6, 6.07) is 4.69. The fourth-order valence-electron chi connectivity index (χ4n) is 1.10. The second-order valence-corrected chi connectivity index (χ2v) is 3.51. The summed E-state index contributed by atoms with van der Waals surface area (Å²) in [5.74, 6) is -0.266. The van der Waals surface area contributed by atoms with Crippen LogP contribution in [-0.4, -0.2) is 9.55 Å². The molecule has 13 heavy (non-hydrogen) atoms. The molecule has 2 rings (SSSR count). The van der Waals surface area contributed by atoms with Crippen molar-refractivity contribution >= 4 is 15.9 Å². The van der Waals surface area contributed by atoms with Crippen molar-refractivity contribution in [1.29, 1.82) is 0 Å². The molecule has 1 aromatic carbocycles. The van der Waals surface area contributed by atoms with Crippen molar-refractivity contribution in [1.82, 2.24) is 9.55 Å². The fourth-order valence-corrected chi connectivity index (χ4v) is 1.55. The summed E-state index contributed by atoms with van der Waals surface area (Å²) < 4.78 is 15.4. The molecule has 0 fully saturated rings. The van der Waals surface area contributed by atoms with Gasteiger partial charge in [0.05, 0.1) is 12.0 Å². The first kappa shape index (κ1) is 8.44. The fraction of sp³-hybridized carbons (Fsp3) is 0. The third-order valence-electron chi connectivity index (χ3n) is 1.65. The van der Waals surface area contributed by atoms with Gasteiger partial charge in [0, 0.05) is 16.9 Å². The largest absolute Gasteiger partial charge is 0.306 e. The molecule has 4 heteroatoms. The zero-order chi connectivity index (χ0) is 9.26. The summed E-state index contributed by atoms with van der Waals surface area (Å²) >= 11 is 3.22. The van der Waals surface area contributed by atoms with E-state index in [0.29, 0.717) is 0 Å². The van der Waals surface area contributed by atoms with Crippen molar-refractivity contribution < 1.29 is 4.39 Å². The average Bonchev–Trinajstić information content (AvgIpc) is 2.53. The minimum atomic E-state index is -0.266. The minimum Gasteiger partial charge on any atom is -0.306 e. The first-order valence-corrected chi connectivity index (χ1v) is 4.49. The maximum atomic E-state index is 13.0. The van der Waals surface area contributed by atoms with Crippen molar-refractivity contribution in [2.24, 2.45) is 0 Å². The van der Waals surface area contributed by atoms with E-state index in [-0.39, 0.29) is 5.82 Å². The zero-order valence-corrected chi connectivity index (χ0v) is 8.20. The first-order valence-electron chi connectivity index (χ1n) is 3.70. The molecule has 0 bridgehead atoms. The van der Waals surface area contributed by atoms with E-state index in [1.165, 1.54) is 12.1 Å². The molecular weight excluding hydrogens is 235 g/mol. The Morgan fingerprint density at radius 2 is 2.15 bits per heavy atom. The van der Waals surface area contributed by atoms with Crippen LogP contribution in [-0.2, 0) is 0 Å². The molecule has 0 saturated heterocycles. The predicted octanol–water partition coefficient (Wildman–Crippen LogP) is 2.77. The molecule has 0 amide bonds. The SMILES string of the molecule is Fc1cc(Br)cc(-n2ccnc2)c1. The Morgan fingerprint density at radius 1 is 1.31 bits per heavy atom. The van der Waals surface area contributed by atoms with E-state index in [1.54, 1.807) is 23.3 Å². The lowest BCUT2D eigenvalue weighted by molar-refractivity contribution is 0.625. The molecule has 0 aliphatic rings. The molecule has 1 aromatic heterocycles. The summed E-state index contributed by atoms with van der Waals surface area (Å²) in [7, 11) is 0. The van der Waals surface area contributed by atoms with Crippen LogP contribution in [0.15, 0.2) is 41.4 Å². The van der Waals surface area contributed by atoms with Gasteiger partial charge in [0.1, 0.15) is 5.82 Å². The van der Waals surface area contributed by atoms with Gasteiger partial charge in [-0.25, -0.2) is 9.37 Å². The van der Waals surface area contributed by atoms with Crippen molar-refractivity contribution in [2.75, 3.05) is 0 Å². The lowest BCUT2D eigenvalue weighted by atomic mass is 10.3. The molecule has 0 atom stereocenters. The highest BCUT2D eigenvalue weighted by Crippen LogP contribution is 2.17. The number of hydrogen-bond acceptors (Lipinski definition) is 1. The quantitative estimate of drug-likeness (QED) is 0.750. The summed E-state index contributed by atoms with van der Waals surface area (Å²) in [6.07, 6.45) is 5.04. The van der Waals surface area contributed by atoms with Crippen LogP contribution in [0.25, 0.3) is 5.69 Å². The number of imidazole rings is 1. The van der Waals surface area contributed by atoms with Gasteiger partial charge in [0.2, 0.25) is 0 Å². The summed E-state index contributed by atoms with van der Waals surface area (Å²) in [6.45, 7) is 0. The zero-order valence-electron chi connectivity index (χ0n) is 6.61. The Morgan fingerprint density at radius 3 is 2.77 bits per heavy atom. The smallest absolute Gasteiger partial charge is 0.126 e. The van der Waals surface area contributed by atoms with Crippen molar-refractivity contribution in [3.63, 3.8) is 0 Å². The lowest BCUT2D eigenvalue weighted by Gasteiger charge is -2.02. The van der Waals surface area contributed by atoms with Crippen molar-refractivity contribution in [3.05, 3.63) is 47.2 Å². The Kier molecular flexibility index (Phi) is 2.14. The maximum absolute atomic E-state index is 13.0. The molecule has 0 saturated carbocycles. The predicted molar refractivity (Wildman–Crippen MR) is 51.2 cm³/mol. The Bertz CT molecular complexity index is 391. The van der Waals surface area contributed by atoms with Crippen LogP contribution >= 0.6 is 15.9 Å². The number of hydrogen-bond donors (Lipinski definition) is 0. The van der Waals surface area contributed by atoms with Crippen LogP contribution in [0.4, 0.5) is 4.39 Å². The van der Waals surface area contributed by atoms with E-state index in [9.17, 15) is 4.39 Å². The van der Waals surface area contributed by atoms with E-state index in [2.05, 4.69) is 20.9 Å². The molecule has 1 heterocycles. The number of nitrogens with zero attached hydrogens (tertiary/aromatic N) is 2. The highest BCUT2D eigenvalue weighted by Gasteiger charge is 1.99. The second-order valence-electron chi connectivity index (χ2n) is 2.60. The van der Waals surface area contributed by atoms with Gasteiger partial charge in [-0.2, -0.15) is 0 Å². The molecular formula is C9H6BrFN2. The molecule has 0 aliphatic carbocycles. The van der Waals surface area contributed by atoms with Gasteiger partial charge >= 0.3 is 0 Å². The Labute approximate surface area is 83.2 Å². The molecule has 0 aliphatic heterocycles. The van der Waals surface area contributed by atoms with Crippen LogP contribution in [0.5, 0.6) is 0 Å². The van der Waals surface area contributed by atoms with Crippen molar-refractivity contribution in [3.8, 4) is 5.69 Å². The molecule has 0 spiro atoms. The van der Waals surface area contributed by atoms with Crippen LogP contribution < -0.4 is 0 Å². The standard InChI is InChI=1S/C9H6BrFN2/c10-7-3-8(11)5-9(4-7)13-2-1-12-6-13/h1-6H. The van der Waals surface area contributed by atoms with Gasteiger partial charge in [0.25, 0.3) is 0 Å². The molecule has 0 N–H and O–H groups in total. The van der Waals surface area contributed by atoms with Gasteiger partial charge < -0.3 is 4.57 Å². The van der Waals surface area contributed by atoms with Gasteiger partial charge in [-0.05, 0) is 18.2 Å². The Balaban J connectivity index is 2.53. The van der Waals surface area contributed by atoms with Gasteiger partial charge in [-0.3, -0.25) is 0 Å². The first-order chi connectivity index (χ1) is 6.25. The van der Waals surface area contributed by atoms with Crippen molar-refractivity contribution in [2.45, 2.75) is 0 Å². The van der Waals surface area contributed by atoms with E-state index in [0.717, 1.165) is 10.2 Å². The second kappa shape index (κ2) is 3.30. The molecule has 2 aromatic rings. The molecule has 0 unspecified atom stereocenters. The topological polar surface area (TPSA) is 17.8 Å². The number of halogens is 2. The van der Waals surface area contributed by atoms with Crippen LogP contribution in [0, 0.1) is 5.82 Å². The monoisotopic (exact) mass is 240 g/mol. The van der Waals surface area contributed by atoms with Crippen LogP contribution in [0.2, 0.25) is 0 Å². The molecule has 0 radical (unpaired) electrons. The van der Waals surface area contributed by atoms with E-state index in [4.69, 9.17) is 0 Å². The molecule has 66 valence electrons. The molecule has 2 nitrogen and oxygen atoms in total. The minimum absolute atomic E-state index is 0.266. The van der Waals surface area contributed by atoms with E-state index < -0.39 is 0 Å². The summed E-state index contributed by atoms with van der Waals surface area (Å²) in [5, 5.41) is 0. The van der Waals surface area contributed by atoms with E-state index >= 15 is 0 Å². The maximum Gasteiger partial charge on any atom is 0.126 e. The third kappa shape index (κ3) is 1.78. The van der Waals surface area contributed by atoms with E-state index in [1.807, 2.05) is 6.07 Å². The normalized spacial score (nSPS) is 10.3. The van der Waals surface area contributed by atoms with Crippen LogP contribution in [0.1, 0.15) is 0 Å². The van der Waals surface area contributed by atoms with Crippen LogP contribution in [0.3, 0.4) is 0 Å². The average molecular weight is 241 g/mol. The third-order valence-corrected chi connectivity index (χ3v) is 2.11. The van der Waals surface area contributed by atoms with Gasteiger partial charge in [-0.1, -0.05) is 15.9 Å². The number of benzene rings is 1. The number of rotatable bonds is 1. The summed E-state index contributed by atoms with van der Waals surface area (Å²) in [4.78, 5) is 3.88. The van der Waals surface area contributed by atoms with Gasteiger partial charge in [0.15, 0.2) is 0 Å². The lowest BCUT2D eigenvalue weighted by Crippen LogP contribution is -1.90. The van der Waals surface area contributed by atoms with Gasteiger partial charge in [-0.15, -0.1) is 0 Å². The summed E-state index contributed by atoms with van der Waals surface area (Å²) in [5.41, 5.74) is 0.754. The Hall–Kier alpha value is -1.16. The highest BCUT2D eigenvalue weighted by atomic mass is 79.9. The highest BCUT2D eigenvalue weighted by molar-refractivity contribution is 9.10.